The number of hydrogen-bond donors (Lipinski definition) is 1. The van der Waals surface area contributed by atoms with Gasteiger partial charge in [0.25, 0.3) is 5.91 Å². The first kappa shape index (κ1) is 15.2. The molecule has 0 aromatic heterocycles. The van der Waals surface area contributed by atoms with Gasteiger partial charge in [-0.2, -0.15) is 8.78 Å². The molecule has 4 nitrogen and oxygen atoms in total. The van der Waals surface area contributed by atoms with Gasteiger partial charge in [0.15, 0.2) is 0 Å². The van der Waals surface area contributed by atoms with Gasteiger partial charge >= 0.3 is 6.61 Å². The summed E-state index contributed by atoms with van der Waals surface area (Å²) in [6, 6.07) is 3.28. The molecule has 2 aliphatic heterocycles. The molecular formula is C16H20F2N2O2. The molecule has 0 bridgehead atoms. The van der Waals surface area contributed by atoms with Gasteiger partial charge in [-0.3, -0.25) is 4.79 Å². The van der Waals surface area contributed by atoms with Crippen molar-refractivity contribution in [3.05, 3.63) is 28.8 Å². The molecule has 2 heterocycles. The van der Waals surface area contributed by atoms with Crippen LogP contribution in [0.5, 0.6) is 5.75 Å². The van der Waals surface area contributed by atoms with Gasteiger partial charge in [0.2, 0.25) is 0 Å². The number of carbonyl (C=O) groups is 1. The second kappa shape index (κ2) is 5.83. The van der Waals surface area contributed by atoms with Crippen LogP contribution in [0.25, 0.3) is 0 Å². The van der Waals surface area contributed by atoms with Crippen molar-refractivity contribution in [2.75, 3.05) is 26.2 Å². The van der Waals surface area contributed by atoms with Crippen LogP contribution in [0.4, 0.5) is 8.78 Å². The fraction of sp³-hybridized carbons (Fsp3) is 0.562. The standard InChI is InChI=1S/C16H20F2N2O2/c1-9-3-11(4-10(2)14(9)22-16(17)18)15(21)20-7-12-5-19-6-13(12)8-20/h3-4,12-13,16,19H,5-8H2,1-2H3/t12-,13+. The van der Waals surface area contributed by atoms with Gasteiger partial charge in [-0.15, -0.1) is 0 Å². The number of fused-ring (bicyclic) bond motifs is 1. The smallest absolute Gasteiger partial charge is 0.387 e. The second-order valence-corrected chi connectivity index (χ2v) is 6.21. The van der Waals surface area contributed by atoms with E-state index < -0.39 is 6.61 Å². The molecule has 0 aliphatic carbocycles. The molecule has 0 radical (unpaired) electrons. The Morgan fingerprint density at radius 3 is 2.27 bits per heavy atom. The monoisotopic (exact) mass is 310 g/mol. The third kappa shape index (κ3) is 2.79. The van der Waals surface area contributed by atoms with Gasteiger partial charge in [0.05, 0.1) is 0 Å². The summed E-state index contributed by atoms with van der Waals surface area (Å²) in [4.78, 5) is 14.5. The maximum absolute atomic E-state index is 12.6. The lowest BCUT2D eigenvalue weighted by molar-refractivity contribution is -0.0507. The number of nitrogens with zero attached hydrogens (tertiary/aromatic N) is 1. The number of rotatable bonds is 3. The summed E-state index contributed by atoms with van der Waals surface area (Å²) in [6.45, 7) is 3.98. The lowest BCUT2D eigenvalue weighted by atomic mass is 10.0. The first-order valence-electron chi connectivity index (χ1n) is 7.51. The van der Waals surface area contributed by atoms with E-state index in [1.165, 1.54) is 0 Å². The van der Waals surface area contributed by atoms with E-state index in [1.54, 1.807) is 26.0 Å². The molecule has 1 N–H and O–H groups in total. The highest BCUT2D eigenvalue weighted by Gasteiger charge is 2.38. The Labute approximate surface area is 128 Å². The zero-order valence-corrected chi connectivity index (χ0v) is 12.7. The first-order valence-corrected chi connectivity index (χ1v) is 7.51. The Morgan fingerprint density at radius 1 is 1.23 bits per heavy atom. The number of alkyl halides is 2. The molecule has 2 atom stereocenters. The number of benzene rings is 1. The van der Waals surface area contributed by atoms with Crippen molar-refractivity contribution in [2.24, 2.45) is 11.8 Å². The molecule has 3 rings (SSSR count). The van der Waals surface area contributed by atoms with Crippen LogP contribution in [0.3, 0.4) is 0 Å². The van der Waals surface area contributed by atoms with Crippen molar-refractivity contribution in [1.29, 1.82) is 0 Å². The Bertz CT molecular complexity index is 557. The number of carbonyl (C=O) groups excluding carboxylic acids is 1. The Kier molecular flexibility index (Phi) is 4.04. The molecule has 2 fully saturated rings. The number of aryl methyl sites for hydroxylation is 2. The van der Waals surface area contributed by atoms with E-state index >= 15 is 0 Å². The van der Waals surface area contributed by atoms with Crippen LogP contribution in [-0.2, 0) is 0 Å². The number of hydrogen-bond acceptors (Lipinski definition) is 3. The summed E-state index contributed by atoms with van der Waals surface area (Å²) in [5.74, 6) is 1.21. The average molecular weight is 310 g/mol. The zero-order chi connectivity index (χ0) is 15.9. The van der Waals surface area contributed by atoms with Gasteiger partial charge in [0, 0.05) is 31.7 Å². The summed E-state index contributed by atoms with van der Waals surface area (Å²) in [6.07, 6.45) is 0. The van der Waals surface area contributed by atoms with Gasteiger partial charge in [-0.05, 0) is 48.9 Å². The molecular weight excluding hydrogens is 290 g/mol. The molecule has 2 aliphatic rings. The summed E-state index contributed by atoms with van der Waals surface area (Å²) in [5.41, 5.74) is 1.67. The van der Waals surface area contributed by atoms with Crippen LogP contribution in [0, 0.1) is 25.7 Å². The zero-order valence-electron chi connectivity index (χ0n) is 12.7. The van der Waals surface area contributed by atoms with Gasteiger partial charge in [0.1, 0.15) is 5.75 Å². The summed E-state index contributed by atoms with van der Waals surface area (Å²) >= 11 is 0. The van der Waals surface area contributed by atoms with E-state index in [1.807, 2.05) is 4.90 Å². The van der Waals surface area contributed by atoms with Crippen LogP contribution < -0.4 is 10.1 Å². The van der Waals surface area contributed by atoms with Crippen LogP contribution in [0.15, 0.2) is 12.1 Å². The predicted molar refractivity (Wildman–Crippen MR) is 78.3 cm³/mol. The highest BCUT2D eigenvalue weighted by atomic mass is 19.3. The summed E-state index contributed by atoms with van der Waals surface area (Å²) in [7, 11) is 0. The van der Waals surface area contributed by atoms with E-state index in [0.717, 1.165) is 26.2 Å². The Hall–Kier alpha value is -1.69. The molecule has 120 valence electrons. The quantitative estimate of drug-likeness (QED) is 0.930. The van der Waals surface area contributed by atoms with Crippen LogP contribution in [-0.4, -0.2) is 43.6 Å². The number of amides is 1. The normalized spacial score (nSPS) is 24.0. The number of ether oxygens (including phenoxy) is 1. The molecule has 22 heavy (non-hydrogen) atoms. The van der Waals surface area contributed by atoms with Crippen molar-refractivity contribution in [3.63, 3.8) is 0 Å². The number of likely N-dealkylation sites (tertiary alicyclic amines) is 1. The lowest BCUT2D eigenvalue weighted by Gasteiger charge is -2.19. The van der Waals surface area contributed by atoms with Crippen LogP contribution in [0.1, 0.15) is 21.5 Å². The number of nitrogens with one attached hydrogen (secondary N) is 1. The largest absolute Gasteiger partial charge is 0.434 e. The molecule has 0 saturated carbocycles. The topological polar surface area (TPSA) is 41.6 Å². The Morgan fingerprint density at radius 2 is 1.77 bits per heavy atom. The van der Waals surface area contributed by atoms with E-state index in [-0.39, 0.29) is 11.7 Å². The maximum Gasteiger partial charge on any atom is 0.387 e. The lowest BCUT2D eigenvalue weighted by Crippen LogP contribution is -2.32. The average Bonchev–Trinajstić information content (AvgIpc) is 3.02. The Balaban J connectivity index is 1.78. The third-order valence-electron chi connectivity index (χ3n) is 4.59. The highest BCUT2D eigenvalue weighted by molar-refractivity contribution is 5.95. The maximum atomic E-state index is 12.6. The van der Waals surface area contributed by atoms with E-state index in [4.69, 9.17) is 0 Å². The van der Waals surface area contributed by atoms with E-state index in [2.05, 4.69) is 10.1 Å². The minimum absolute atomic E-state index is 0.0239. The first-order chi connectivity index (χ1) is 10.5. The van der Waals surface area contributed by atoms with Crippen molar-refractivity contribution >= 4 is 5.91 Å². The van der Waals surface area contributed by atoms with E-state index in [9.17, 15) is 13.6 Å². The summed E-state index contributed by atoms with van der Waals surface area (Å²) < 4.78 is 29.4. The second-order valence-electron chi connectivity index (χ2n) is 6.21. The van der Waals surface area contributed by atoms with Crippen molar-refractivity contribution in [1.82, 2.24) is 10.2 Å². The minimum atomic E-state index is -2.86. The minimum Gasteiger partial charge on any atom is -0.434 e. The predicted octanol–water partition coefficient (Wildman–Crippen LogP) is 2.20. The molecule has 1 aromatic carbocycles. The fourth-order valence-corrected chi connectivity index (χ4v) is 3.55. The van der Waals surface area contributed by atoms with Crippen LogP contribution >= 0.6 is 0 Å². The van der Waals surface area contributed by atoms with Crippen molar-refractivity contribution in [3.8, 4) is 5.75 Å². The number of halogens is 2. The molecule has 6 heteroatoms. The third-order valence-corrected chi connectivity index (χ3v) is 4.59. The molecule has 1 amide bonds. The van der Waals surface area contributed by atoms with Gasteiger partial charge in [-0.1, -0.05) is 0 Å². The van der Waals surface area contributed by atoms with Crippen LogP contribution in [0.2, 0.25) is 0 Å². The highest BCUT2D eigenvalue weighted by Crippen LogP contribution is 2.30. The molecule has 0 spiro atoms. The molecule has 0 unspecified atom stereocenters. The SMILES string of the molecule is Cc1cc(C(=O)N2C[C@H]3CNC[C@H]3C2)cc(C)c1OC(F)F. The molecule has 1 aromatic rings. The fourth-order valence-electron chi connectivity index (χ4n) is 3.55. The summed E-state index contributed by atoms with van der Waals surface area (Å²) in [5, 5.41) is 3.34. The van der Waals surface area contributed by atoms with Gasteiger partial charge < -0.3 is 15.0 Å². The van der Waals surface area contributed by atoms with Crippen molar-refractivity contribution in [2.45, 2.75) is 20.5 Å². The van der Waals surface area contributed by atoms with Gasteiger partial charge in [-0.25, -0.2) is 0 Å². The van der Waals surface area contributed by atoms with E-state index in [0.29, 0.717) is 28.5 Å². The van der Waals surface area contributed by atoms with Crippen molar-refractivity contribution < 1.29 is 18.3 Å². The molecule has 2 saturated heterocycles.